The smallest absolute Gasteiger partial charge is 0.387 e. The van der Waals surface area contributed by atoms with E-state index in [0.717, 1.165) is 6.07 Å². The fraction of sp³-hybridized carbons (Fsp3) is 0.462. The van der Waals surface area contributed by atoms with Crippen molar-refractivity contribution in [1.29, 1.82) is 0 Å². The molecule has 1 heterocycles. The van der Waals surface area contributed by atoms with Gasteiger partial charge in [-0.15, -0.1) is 0 Å². The molecule has 0 aliphatic carbocycles. The lowest BCUT2D eigenvalue weighted by Crippen LogP contribution is -2.38. The number of halogens is 2. The molecule has 5 nitrogen and oxygen atoms in total. The molecule has 0 aromatic heterocycles. The molecule has 1 amide bonds. The van der Waals surface area contributed by atoms with Gasteiger partial charge in [-0.1, -0.05) is 0 Å². The molecule has 0 unspecified atom stereocenters. The van der Waals surface area contributed by atoms with Gasteiger partial charge in [-0.05, 0) is 25.0 Å². The van der Waals surface area contributed by atoms with E-state index in [2.05, 4.69) is 10.1 Å². The number of alkyl halides is 2. The molecule has 110 valence electrons. The molecule has 0 atom stereocenters. The number of phenols is 1. The van der Waals surface area contributed by atoms with E-state index in [1.165, 1.54) is 12.1 Å². The number of rotatable bonds is 4. The van der Waals surface area contributed by atoms with E-state index in [0.29, 0.717) is 26.1 Å². The minimum atomic E-state index is -3.01. The largest absolute Gasteiger partial charge is 0.508 e. The number of carbonyl (C=O) groups excluding carboxylic acids is 1. The van der Waals surface area contributed by atoms with Crippen LogP contribution in [0, 0.1) is 0 Å². The topological polar surface area (TPSA) is 67.8 Å². The van der Waals surface area contributed by atoms with Gasteiger partial charge in [-0.25, -0.2) is 0 Å². The first-order valence-electron chi connectivity index (χ1n) is 6.22. The van der Waals surface area contributed by atoms with Crippen molar-refractivity contribution in [3.63, 3.8) is 0 Å². The number of ether oxygens (including phenoxy) is 2. The third-order valence-electron chi connectivity index (χ3n) is 2.94. The summed E-state index contributed by atoms with van der Waals surface area (Å²) in [6.07, 6.45) is 1.40. The van der Waals surface area contributed by atoms with Crippen LogP contribution in [-0.2, 0) is 4.74 Å². The van der Waals surface area contributed by atoms with Gasteiger partial charge < -0.3 is 19.9 Å². The molecule has 1 aliphatic rings. The Morgan fingerprint density at radius 3 is 2.70 bits per heavy atom. The second-order valence-corrected chi connectivity index (χ2v) is 4.45. The van der Waals surface area contributed by atoms with Gasteiger partial charge in [0, 0.05) is 30.9 Å². The molecule has 1 fully saturated rings. The Hall–Kier alpha value is -1.89. The Balaban J connectivity index is 2.06. The van der Waals surface area contributed by atoms with Crippen molar-refractivity contribution in [2.75, 3.05) is 13.2 Å². The Labute approximate surface area is 114 Å². The van der Waals surface area contributed by atoms with Crippen LogP contribution in [0.3, 0.4) is 0 Å². The number of amides is 1. The van der Waals surface area contributed by atoms with Gasteiger partial charge in [0.15, 0.2) is 0 Å². The average Bonchev–Trinajstić information content (AvgIpc) is 2.38. The third kappa shape index (κ3) is 4.06. The number of benzene rings is 1. The molecule has 2 N–H and O–H groups in total. The average molecular weight is 287 g/mol. The molecule has 20 heavy (non-hydrogen) atoms. The van der Waals surface area contributed by atoms with Crippen LogP contribution in [0.4, 0.5) is 8.78 Å². The predicted octanol–water partition coefficient (Wildman–Crippen LogP) is 1.90. The SMILES string of the molecule is O=C(NC1CCOCC1)c1cc(O)cc(OC(F)F)c1. The lowest BCUT2D eigenvalue weighted by Gasteiger charge is -2.23. The summed E-state index contributed by atoms with van der Waals surface area (Å²) in [5.74, 6) is -0.996. The van der Waals surface area contributed by atoms with E-state index < -0.39 is 12.5 Å². The molecule has 0 radical (unpaired) electrons. The van der Waals surface area contributed by atoms with Gasteiger partial charge in [0.1, 0.15) is 11.5 Å². The number of nitrogens with one attached hydrogen (secondary N) is 1. The standard InChI is InChI=1S/C13H15F2NO4/c14-13(15)20-11-6-8(5-10(17)7-11)12(18)16-9-1-3-19-4-2-9/h5-7,9,13,17H,1-4H2,(H,16,18). The minimum Gasteiger partial charge on any atom is -0.508 e. The van der Waals surface area contributed by atoms with Gasteiger partial charge in [-0.3, -0.25) is 4.79 Å². The Kier molecular flexibility index (Phi) is 4.73. The van der Waals surface area contributed by atoms with Crippen LogP contribution in [0.25, 0.3) is 0 Å². The van der Waals surface area contributed by atoms with E-state index in [9.17, 15) is 18.7 Å². The lowest BCUT2D eigenvalue weighted by molar-refractivity contribution is -0.0499. The molecule has 2 rings (SSSR count). The van der Waals surface area contributed by atoms with Crippen LogP contribution in [-0.4, -0.2) is 36.9 Å². The van der Waals surface area contributed by atoms with Crippen molar-refractivity contribution in [1.82, 2.24) is 5.32 Å². The van der Waals surface area contributed by atoms with Gasteiger partial charge in [0.2, 0.25) is 0 Å². The highest BCUT2D eigenvalue weighted by molar-refractivity contribution is 5.95. The highest BCUT2D eigenvalue weighted by Gasteiger charge is 2.18. The lowest BCUT2D eigenvalue weighted by atomic mass is 10.1. The number of hydrogen-bond donors (Lipinski definition) is 2. The molecule has 1 saturated heterocycles. The molecular formula is C13H15F2NO4. The Morgan fingerprint density at radius 1 is 1.35 bits per heavy atom. The molecular weight excluding hydrogens is 272 g/mol. The second kappa shape index (κ2) is 6.51. The fourth-order valence-corrected chi connectivity index (χ4v) is 2.00. The van der Waals surface area contributed by atoms with Crippen LogP contribution >= 0.6 is 0 Å². The number of hydrogen-bond acceptors (Lipinski definition) is 4. The maximum Gasteiger partial charge on any atom is 0.387 e. The first-order chi connectivity index (χ1) is 9.54. The normalized spacial score (nSPS) is 16.1. The van der Waals surface area contributed by atoms with Crippen molar-refractivity contribution in [3.05, 3.63) is 23.8 Å². The van der Waals surface area contributed by atoms with Crippen LogP contribution in [0.5, 0.6) is 11.5 Å². The second-order valence-electron chi connectivity index (χ2n) is 4.45. The van der Waals surface area contributed by atoms with Gasteiger partial charge in [0.25, 0.3) is 5.91 Å². The monoisotopic (exact) mass is 287 g/mol. The number of carbonyl (C=O) groups is 1. The third-order valence-corrected chi connectivity index (χ3v) is 2.94. The van der Waals surface area contributed by atoms with Crippen molar-refractivity contribution in [3.8, 4) is 11.5 Å². The highest BCUT2D eigenvalue weighted by Crippen LogP contribution is 2.23. The molecule has 0 saturated carbocycles. The minimum absolute atomic E-state index is 0.0157. The van der Waals surface area contributed by atoms with Crippen molar-refractivity contribution >= 4 is 5.91 Å². The summed E-state index contributed by atoms with van der Waals surface area (Å²) >= 11 is 0. The fourth-order valence-electron chi connectivity index (χ4n) is 2.00. The van der Waals surface area contributed by atoms with Gasteiger partial charge in [0.05, 0.1) is 0 Å². The van der Waals surface area contributed by atoms with Gasteiger partial charge >= 0.3 is 6.61 Å². The summed E-state index contributed by atoms with van der Waals surface area (Å²) in [6.45, 7) is -1.86. The summed E-state index contributed by atoms with van der Waals surface area (Å²) in [5, 5.41) is 12.2. The quantitative estimate of drug-likeness (QED) is 0.887. The summed E-state index contributed by atoms with van der Waals surface area (Å²) < 4.78 is 33.6. The van der Waals surface area contributed by atoms with E-state index in [1.807, 2.05) is 0 Å². The first-order valence-corrected chi connectivity index (χ1v) is 6.22. The molecule has 0 bridgehead atoms. The molecule has 0 spiro atoms. The van der Waals surface area contributed by atoms with Crippen LogP contribution < -0.4 is 10.1 Å². The predicted molar refractivity (Wildman–Crippen MR) is 66.0 cm³/mol. The van der Waals surface area contributed by atoms with Crippen molar-refractivity contribution in [2.45, 2.75) is 25.5 Å². The van der Waals surface area contributed by atoms with Crippen LogP contribution in [0.15, 0.2) is 18.2 Å². The summed E-state index contributed by atoms with van der Waals surface area (Å²) in [6, 6.07) is 3.38. The highest BCUT2D eigenvalue weighted by atomic mass is 19.3. The number of phenolic OH excluding ortho intramolecular Hbond substituents is 1. The van der Waals surface area contributed by atoms with E-state index in [-0.39, 0.29) is 23.1 Å². The van der Waals surface area contributed by atoms with Gasteiger partial charge in [-0.2, -0.15) is 8.78 Å². The molecule has 1 aromatic rings. The van der Waals surface area contributed by atoms with E-state index in [4.69, 9.17) is 4.74 Å². The van der Waals surface area contributed by atoms with Crippen LogP contribution in [0.2, 0.25) is 0 Å². The zero-order valence-corrected chi connectivity index (χ0v) is 10.6. The molecule has 1 aromatic carbocycles. The summed E-state index contributed by atoms with van der Waals surface area (Å²) in [4.78, 5) is 12.0. The van der Waals surface area contributed by atoms with Crippen molar-refractivity contribution in [2.24, 2.45) is 0 Å². The first kappa shape index (κ1) is 14.5. The maximum absolute atomic E-state index is 12.1. The van der Waals surface area contributed by atoms with Crippen LogP contribution in [0.1, 0.15) is 23.2 Å². The zero-order valence-electron chi connectivity index (χ0n) is 10.6. The zero-order chi connectivity index (χ0) is 14.5. The van der Waals surface area contributed by atoms with Crippen molar-refractivity contribution < 1.29 is 28.2 Å². The Bertz CT molecular complexity index is 475. The Morgan fingerprint density at radius 2 is 2.05 bits per heavy atom. The van der Waals surface area contributed by atoms with E-state index >= 15 is 0 Å². The summed E-state index contributed by atoms with van der Waals surface area (Å²) in [5.41, 5.74) is 0.0761. The molecule has 7 heteroatoms. The number of aromatic hydroxyl groups is 1. The summed E-state index contributed by atoms with van der Waals surface area (Å²) in [7, 11) is 0. The van der Waals surface area contributed by atoms with E-state index in [1.54, 1.807) is 0 Å². The maximum atomic E-state index is 12.1. The molecule has 1 aliphatic heterocycles.